The van der Waals surface area contributed by atoms with Crippen molar-refractivity contribution < 1.29 is 19.1 Å². The smallest absolute Gasteiger partial charge is 0.263 e. The third-order valence-corrected chi connectivity index (χ3v) is 4.90. The normalized spacial score (nSPS) is 10.8. The minimum atomic E-state index is -0.482. The lowest BCUT2D eigenvalue weighted by molar-refractivity contribution is 0.102. The minimum Gasteiger partial charge on any atom is -0.506 e. The number of amides is 1. The molecule has 0 saturated carbocycles. The maximum absolute atomic E-state index is 12.7. The lowest BCUT2D eigenvalue weighted by atomic mass is 10.1. The van der Waals surface area contributed by atoms with Gasteiger partial charge in [-0.05, 0) is 50.9 Å². The molecule has 5 nitrogen and oxygen atoms in total. The van der Waals surface area contributed by atoms with E-state index >= 15 is 0 Å². The Morgan fingerprint density at radius 2 is 1.92 bits per heavy atom. The van der Waals surface area contributed by atoms with E-state index in [9.17, 15) is 9.90 Å². The third kappa shape index (κ3) is 2.78. The van der Waals surface area contributed by atoms with Gasteiger partial charge >= 0.3 is 0 Å². The summed E-state index contributed by atoms with van der Waals surface area (Å²) in [5.41, 5.74) is 2.12. The number of phenols is 1. The average molecular weight is 455 g/mol. The molecule has 0 saturated heterocycles. The Hall–Kier alpha value is -1.99. The summed E-state index contributed by atoms with van der Waals surface area (Å²) in [6, 6.07) is 7.35. The van der Waals surface area contributed by atoms with Gasteiger partial charge in [-0.15, -0.1) is 0 Å². The molecule has 0 atom stereocenters. The highest BCUT2D eigenvalue weighted by Crippen LogP contribution is 2.46. The van der Waals surface area contributed by atoms with Gasteiger partial charge in [-0.2, -0.15) is 0 Å². The Balaban J connectivity index is 2.14. The highest BCUT2D eigenvalue weighted by molar-refractivity contribution is 9.11. The van der Waals surface area contributed by atoms with Gasteiger partial charge in [0.1, 0.15) is 27.8 Å². The number of nitrogens with one attached hydrogen (secondary N) is 1. The van der Waals surface area contributed by atoms with Gasteiger partial charge in [0.25, 0.3) is 5.91 Å². The Labute approximate surface area is 154 Å². The zero-order chi connectivity index (χ0) is 17.4. The van der Waals surface area contributed by atoms with E-state index in [1.54, 1.807) is 12.1 Å². The Kier molecular flexibility index (Phi) is 4.56. The average Bonchev–Trinajstić information content (AvgIpc) is 2.94. The second kappa shape index (κ2) is 6.49. The molecule has 2 aromatic carbocycles. The van der Waals surface area contributed by atoms with Gasteiger partial charge in [-0.25, -0.2) is 0 Å². The van der Waals surface area contributed by atoms with Gasteiger partial charge in [0.2, 0.25) is 0 Å². The van der Waals surface area contributed by atoms with Crippen molar-refractivity contribution in [2.45, 2.75) is 6.92 Å². The number of fused-ring (bicyclic) bond motifs is 1. The van der Waals surface area contributed by atoms with Crippen LogP contribution in [0, 0.1) is 6.92 Å². The number of anilines is 1. The van der Waals surface area contributed by atoms with Crippen LogP contribution in [-0.4, -0.2) is 18.1 Å². The summed E-state index contributed by atoms with van der Waals surface area (Å²) >= 11 is 6.64. The molecular formula is C17H13Br2NO4. The molecule has 0 aliphatic rings. The topological polar surface area (TPSA) is 71.7 Å². The van der Waals surface area contributed by atoms with E-state index < -0.39 is 5.91 Å². The van der Waals surface area contributed by atoms with Crippen molar-refractivity contribution in [1.29, 1.82) is 0 Å². The summed E-state index contributed by atoms with van der Waals surface area (Å²) in [5, 5.41) is 13.8. The maximum Gasteiger partial charge on any atom is 0.263 e. The first-order valence-electron chi connectivity index (χ1n) is 6.97. The second-order valence-corrected chi connectivity index (χ2v) is 6.83. The predicted octanol–water partition coefficient (Wildman–Crippen LogP) is 5.23. The first-order chi connectivity index (χ1) is 11.4. The first kappa shape index (κ1) is 16.9. The number of furan rings is 1. The number of hydrogen-bond acceptors (Lipinski definition) is 4. The van der Waals surface area contributed by atoms with Crippen LogP contribution in [0.15, 0.2) is 43.9 Å². The van der Waals surface area contributed by atoms with Gasteiger partial charge in [-0.3, -0.25) is 4.79 Å². The van der Waals surface area contributed by atoms with Crippen LogP contribution in [0.1, 0.15) is 15.9 Å². The van der Waals surface area contributed by atoms with Crippen LogP contribution >= 0.6 is 31.9 Å². The van der Waals surface area contributed by atoms with E-state index in [0.29, 0.717) is 21.1 Å². The number of carbonyl (C=O) groups excluding carboxylic acids is 1. The van der Waals surface area contributed by atoms with Crippen LogP contribution in [0.25, 0.3) is 11.0 Å². The van der Waals surface area contributed by atoms with E-state index in [-0.39, 0.29) is 21.5 Å². The zero-order valence-electron chi connectivity index (χ0n) is 12.8. The summed E-state index contributed by atoms with van der Waals surface area (Å²) < 4.78 is 11.7. The molecule has 0 aliphatic carbocycles. The molecule has 0 bridgehead atoms. The summed E-state index contributed by atoms with van der Waals surface area (Å²) in [6.45, 7) is 1.96. The summed E-state index contributed by atoms with van der Waals surface area (Å²) in [6.07, 6.45) is 1.47. The predicted molar refractivity (Wildman–Crippen MR) is 99.0 cm³/mol. The van der Waals surface area contributed by atoms with Crippen molar-refractivity contribution in [3.05, 3.63) is 50.6 Å². The number of hydrogen-bond donors (Lipinski definition) is 2. The number of phenolic OH excluding ortho intramolecular Hbond substituents is 1. The van der Waals surface area contributed by atoms with E-state index in [1.807, 2.05) is 19.1 Å². The maximum atomic E-state index is 12.7. The van der Waals surface area contributed by atoms with Crippen LogP contribution in [0.5, 0.6) is 11.5 Å². The SMILES string of the molecule is COc1c(C(=O)Nc2ccc(C)cc2)c(O)c(Br)c2occ(Br)c12. The number of benzene rings is 2. The lowest BCUT2D eigenvalue weighted by Crippen LogP contribution is -2.14. The van der Waals surface area contributed by atoms with Gasteiger partial charge in [0, 0.05) is 5.69 Å². The van der Waals surface area contributed by atoms with Gasteiger partial charge in [-0.1, -0.05) is 17.7 Å². The number of carbonyl (C=O) groups is 1. The highest BCUT2D eigenvalue weighted by Gasteiger charge is 2.27. The lowest BCUT2D eigenvalue weighted by Gasteiger charge is -2.14. The molecule has 0 fully saturated rings. The van der Waals surface area contributed by atoms with Crippen molar-refractivity contribution >= 4 is 54.4 Å². The number of methoxy groups -OCH3 is 1. The van der Waals surface area contributed by atoms with E-state index in [4.69, 9.17) is 9.15 Å². The molecule has 2 N–H and O–H groups in total. The molecule has 24 heavy (non-hydrogen) atoms. The van der Waals surface area contributed by atoms with Crippen molar-refractivity contribution in [2.75, 3.05) is 12.4 Å². The van der Waals surface area contributed by atoms with Gasteiger partial charge < -0.3 is 19.6 Å². The third-order valence-electron chi connectivity index (χ3n) is 3.58. The molecule has 3 rings (SSSR count). The molecule has 1 aromatic heterocycles. The minimum absolute atomic E-state index is 0.0274. The van der Waals surface area contributed by atoms with Crippen molar-refractivity contribution in [3.8, 4) is 11.5 Å². The molecule has 1 heterocycles. The second-order valence-electron chi connectivity index (χ2n) is 5.18. The first-order valence-corrected chi connectivity index (χ1v) is 8.55. The molecule has 0 spiro atoms. The number of aryl methyl sites for hydroxylation is 1. The molecular weight excluding hydrogens is 442 g/mol. The fraction of sp³-hybridized carbons (Fsp3) is 0.118. The number of halogens is 2. The van der Waals surface area contributed by atoms with Crippen molar-refractivity contribution in [3.63, 3.8) is 0 Å². The summed E-state index contributed by atoms with van der Waals surface area (Å²) in [4.78, 5) is 12.7. The van der Waals surface area contributed by atoms with E-state index in [0.717, 1.165) is 5.56 Å². The van der Waals surface area contributed by atoms with E-state index in [1.165, 1.54) is 13.4 Å². The monoisotopic (exact) mass is 453 g/mol. The summed E-state index contributed by atoms with van der Waals surface area (Å²) in [5.74, 6) is -0.495. The molecule has 1 amide bonds. The Morgan fingerprint density at radius 1 is 1.25 bits per heavy atom. The fourth-order valence-electron chi connectivity index (χ4n) is 2.41. The summed E-state index contributed by atoms with van der Waals surface area (Å²) in [7, 11) is 1.43. The van der Waals surface area contributed by atoms with Crippen LogP contribution in [0.2, 0.25) is 0 Å². The van der Waals surface area contributed by atoms with Crippen LogP contribution in [-0.2, 0) is 0 Å². The molecule has 0 unspecified atom stereocenters. The molecule has 7 heteroatoms. The van der Waals surface area contributed by atoms with Gasteiger partial charge in [0.05, 0.1) is 17.0 Å². The standard InChI is InChI=1S/C17H13Br2NO4/c1-8-3-5-9(6-4-8)20-17(22)12-14(21)13(19)16-11(15(12)23-2)10(18)7-24-16/h3-7,21H,1-2H3,(H,20,22). The van der Waals surface area contributed by atoms with Crippen molar-refractivity contribution in [1.82, 2.24) is 0 Å². The molecule has 0 aliphatic heterocycles. The van der Waals surface area contributed by atoms with Crippen LogP contribution < -0.4 is 10.1 Å². The highest BCUT2D eigenvalue weighted by atomic mass is 79.9. The fourth-order valence-corrected chi connectivity index (χ4v) is 3.35. The number of ether oxygens (including phenoxy) is 1. The Bertz CT molecular complexity index is 932. The van der Waals surface area contributed by atoms with Crippen LogP contribution in [0.4, 0.5) is 5.69 Å². The van der Waals surface area contributed by atoms with E-state index in [2.05, 4.69) is 37.2 Å². The molecule has 0 radical (unpaired) electrons. The van der Waals surface area contributed by atoms with Crippen LogP contribution in [0.3, 0.4) is 0 Å². The number of rotatable bonds is 3. The molecule has 3 aromatic rings. The largest absolute Gasteiger partial charge is 0.506 e. The quantitative estimate of drug-likeness (QED) is 0.568. The Morgan fingerprint density at radius 3 is 2.54 bits per heavy atom. The van der Waals surface area contributed by atoms with Gasteiger partial charge in [0.15, 0.2) is 5.58 Å². The zero-order valence-corrected chi connectivity index (χ0v) is 16.0. The molecule has 124 valence electrons. The number of aromatic hydroxyl groups is 1. The van der Waals surface area contributed by atoms with Crippen molar-refractivity contribution in [2.24, 2.45) is 0 Å².